The van der Waals surface area contributed by atoms with Crippen LogP contribution in [0.5, 0.6) is 0 Å². The quantitative estimate of drug-likeness (QED) is 0.828. The average Bonchev–Trinajstić information content (AvgIpc) is 2.64. The van der Waals surface area contributed by atoms with Crippen LogP contribution in [0.1, 0.15) is 5.56 Å². The van der Waals surface area contributed by atoms with E-state index in [1.54, 1.807) is 6.07 Å². The molecule has 0 amide bonds. The highest BCUT2D eigenvalue weighted by molar-refractivity contribution is 5.64. The molecule has 0 aliphatic heterocycles. The molecule has 2 rings (SSSR count). The zero-order chi connectivity index (χ0) is 10.8. The zero-order valence-electron chi connectivity index (χ0n) is 7.71. The van der Waals surface area contributed by atoms with Gasteiger partial charge in [-0.05, 0) is 6.07 Å². The fraction of sp³-hybridized carbons (Fsp3) is 0.100. The summed E-state index contributed by atoms with van der Waals surface area (Å²) < 4.78 is 30.7. The van der Waals surface area contributed by atoms with Gasteiger partial charge in [-0.2, -0.15) is 0 Å². The molecule has 0 saturated carbocycles. The molecule has 0 aliphatic carbocycles. The fourth-order valence-corrected chi connectivity index (χ4v) is 1.34. The maximum atomic E-state index is 13.2. The first-order chi connectivity index (χ1) is 7.22. The van der Waals surface area contributed by atoms with Crippen molar-refractivity contribution in [3.8, 4) is 11.3 Å². The standard InChI is InChI=1S/C10H8F2N2O/c11-5-7-6(2-1-3-8(7)12)9-4-10(13)14-15-9/h1-4H,5H2,(H2,13,14). The number of alkyl halides is 1. The number of nitrogens with zero attached hydrogens (tertiary/aromatic N) is 1. The molecule has 2 N–H and O–H groups in total. The Kier molecular flexibility index (Phi) is 2.37. The van der Waals surface area contributed by atoms with E-state index in [0.717, 1.165) is 0 Å². The summed E-state index contributed by atoms with van der Waals surface area (Å²) >= 11 is 0. The second kappa shape index (κ2) is 3.68. The highest BCUT2D eigenvalue weighted by atomic mass is 19.1. The topological polar surface area (TPSA) is 52.0 Å². The fourth-order valence-electron chi connectivity index (χ4n) is 1.34. The van der Waals surface area contributed by atoms with Crippen LogP contribution in [0.4, 0.5) is 14.6 Å². The normalized spacial score (nSPS) is 10.5. The Morgan fingerprint density at radius 2 is 2.20 bits per heavy atom. The number of nitrogens with two attached hydrogens (primary N) is 1. The van der Waals surface area contributed by atoms with Gasteiger partial charge in [0.25, 0.3) is 0 Å². The molecule has 0 spiro atoms. The molecule has 5 heteroatoms. The Bertz CT molecular complexity index is 482. The minimum absolute atomic E-state index is 0.0475. The van der Waals surface area contributed by atoms with Gasteiger partial charge in [0.1, 0.15) is 12.5 Å². The van der Waals surface area contributed by atoms with Crippen molar-refractivity contribution in [2.75, 3.05) is 5.73 Å². The molecule has 78 valence electrons. The van der Waals surface area contributed by atoms with Gasteiger partial charge in [-0.1, -0.05) is 17.3 Å². The lowest BCUT2D eigenvalue weighted by atomic mass is 10.1. The Hall–Kier alpha value is -1.91. The van der Waals surface area contributed by atoms with Crippen molar-refractivity contribution in [1.29, 1.82) is 0 Å². The van der Waals surface area contributed by atoms with Gasteiger partial charge in [0.05, 0.1) is 0 Å². The molecule has 0 saturated heterocycles. The van der Waals surface area contributed by atoms with Crippen molar-refractivity contribution in [2.45, 2.75) is 6.67 Å². The van der Waals surface area contributed by atoms with Gasteiger partial charge in [0.15, 0.2) is 11.6 Å². The highest BCUT2D eigenvalue weighted by Gasteiger charge is 2.13. The summed E-state index contributed by atoms with van der Waals surface area (Å²) in [6, 6.07) is 5.65. The summed E-state index contributed by atoms with van der Waals surface area (Å²) in [5.41, 5.74) is 5.64. The minimum atomic E-state index is -0.900. The molecule has 3 nitrogen and oxygen atoms in total. The summed E-state index contributed by atoms with van der Waals surface area (Å²) in [4.78, 5) is 0. The van der Waals surface area contributed by atoms with E-state index < -0.39 is 12.5 Å². The van der Waals surface area contributed by atoms with Crippen molar-refractivity contribution in [3.05, 3.63) is 35.6 Å². The van der Waals surface area contributed by atoms with Crippen LogP contribution >= 0.6 is 0 Å². The Labute approximate surface area is 84.5 Å². The SMILES string of the molecule is Nc1cc(-c2cccc(F)c2CF)on1. The molecular weight excluding hydrogens is 202 g/mol. The average molecular weight is 210 g/mol. The van der Waals surface area contributed by atoms with Crippen molar-refractivity contribution >= 4 is 5.82 Å². The first-order valence-corrected chi connectivity index (χ1v) is 4.28. The van der Waals surface area contributed by atoms with Crippen LogP contribution in [0.25, 0.3) is 11.3 Å². The summed E-state index contributed by atoms with van der Waals surface area (Å²) in [7, 11) is 0. The third kappa shape index (κ3) is 1.68. The van der Waals surface area contributed by atoms with Crippen LogP contribution in [0, 0.1) is 5.82 Å². The third-order valence-corrected chi connectivity index (χ3v) is 2.05. The first-order valence-electron chi connectivity index (χ1n) is 4.28. The summed E-state index contributed by atoms with van der Waals surface area (Å²) in [5, 5.41) is 3.46. The predicted molar refractivity (Wildman–Crippen MR) is 51.1 cm³/mol. The van der Waals surface area contributed by atoms with Crippen LogP contribution in [0.2, 0.25) is 0 Å². The molecule has 0 fully saturated rings. The van der Waals surface area contributed by atoms with Gasteiger partial charge in [0.2, 0.25) is 0 Å². The van der Waals surface area contributed by atoms with E-state index in [2.05, 4.69) is 5.16 Å². The molecule has 1 aromatic carbocycles. The van der Waals surface area contributed by atoms with Crippen LogP contribution in [-0.2, 0) is 6.67 Å². The van der Waals surface area contributed by atoms with E-state index in [9.17, 15) is 8.78 Å². The molecule has 0 unspecified atom stereocenters. The van der Waals surface area contributed by atoms with E-state index in [-0.39, 0.29) is 17.1 Å². The van der Waals surface area contributed by atoms with E-state index >= 15 is 0 Å². The molecule has 0 bridgehead atoms. The molecular formula is C10H8F2N2O. The molecule has 0 radical (unpaired) electrons. The maximum Gasteiger partial charge on any atom is 0.169 e. The molecule has 0 atom stereocenters. The lowest BCUT2D eigenvalue weighted by Gasteiger charge is -2.03. The van der Waals surface area contributed by atoms with Gasteiger partial charge in [-0.25, -0.2) is 8.78 Å². The smallest absolute Gasteiger partial charge is 0.169 e. The summed E-state index contributed by atoms with van der Waals surface area (Å²) in [5.74, 6) is -0.163. The van der Waals surface area contributed by atoms with Gasteiger partial charge in [0, 0.05) is 17.2 Å². The van der Waals surface area contributed by atoms with Gasteiger partial charge in [-0.3, -0.25) is 0 Å². The van der Waals surface area contributed by atoms with Crippen LogP contribution < -0.4 is 5.73 Å². The van der Waals surface area contributed by atoms with Gasteiger partial charge < -0.3 is 10.3 Å². The molecule has 1 aromatic heterocycles. The van der Waals surface area contributed by atoms with E-state index in [1.807, 2.05) is 0 Å². The highest BCUT2D eigenvalue weighted by Crippen LogP contribution is 2.27. The van der Waals surface area contributed by atoms with Crippen molar-refractivity contribution in [3.63, 3.8) is 0 Å². The minimum Gasteiger partial charge on any atom is -0.381 e. The predicted octanol–water partition coefficient (Wildman–Crippen LogP) is 2.53. The Morgan fingerprint density at radius 1 is 1.40 bits per heavy atom. The van der Waals surface area contributed by atoms with E-state index in [1.165, 1.54) is 18.2 Å². The van der Waals surface area contributed by atoms with Crippen molar-refractivity contribution in [2.24, 2.45) is 0 Å². The zero-order valence-corrected chi connectivity index (χ0v) is 7.71. The molecule has 1 heterocycles. The maximum absolute atomic E-state index is 13.2. The van der Waals surface area contributed by atoms with Crippen LogP contribution in [0.15, 0.2) is 28.8 Å². The Morgan fingerprint density at radius 3 is 2.80 bits per heavy atom. The van der Waals surface area contributed by atoms with Crippen molar-refractivity contribution in [1.82, 2.24) is 5.16 Å². The molecule has 2 aromatic rings. The number of hydrogen-bond acceptors (Lipinski definition) is 3. The second-order valence-electron chi connectivity index (χ2n) is 3.02. The number of hydrogen-bond donors (Lipinski definition) is 1. The molecule has 0 aliphatic rings. The first kappa shape index (κ1) is 9.64. The lowest BCUT2D eigenvalue weighted by molar-refractivity contribution is 0.430. The van der Waals surface area contributed by atoms with E-state index in [4.69, 9.17) is 10.3 Å². The summed E-state index contributed by atoms with van der Waals surface area (Å²) in [6.07, 6.45) is 0. The number of benzene rings is 1. The van der Waals surface area contributed by atoms with Crippen LogP contribution in [-0.4, -0.2) is 5.16 Å². The number of anilines is 1. The van der Waals surface area contributed by atoms with Crippen molar-refractivity contribution < 1.29 is 13.3 Å². The van der Waals surface area contributed by atoms with Crippen LogP contribution in [0.3, 0.4) is 0 Å². The van der Waals surface area contributed by atoms with Gasteiger partial charge in [-0.15, -0.1) is 0 Å². The van der Waals surface area contributed by atoms with E-state index in [0.29, 0.717) is 5.56 Å². The lowest BCUT2D eigenvalue weighted by Crippen LogP contribution is -1.90. The number of rotatable bonds is 2. The number of nitrogen functional groups attached to an aromatic ring is 1. The largest absolute Gasteiger partial charge is 0.381 e. The second-order valence-corrected chi connectivity index (χ2v) is 3.02. The summed E-state index contributed by atoms with van der Waals surface area (Å²) in [6.45, 7) is -0.900. The molecule has 15 heavy (non-hydrogen) atoms. The monoisotopic (exact) mass is 210 g/mol. The number of aromatic nitrogens is 1. The Balaban J connectivity index is 2.57. The number of halogens is 2. The third-order valence-electron chi connectivity index (χ3n) is 2.05. The van der Waals surface area contributed by atoms with Gasteiger partial charge >= 0.3 is 0 Å².